The lowest BCUT2D eigenvalue weighted by Crippen LogP contribution is -2.23. The number of amides is 1. The van der Waals surface area contributed by atoms with Crippen LogP contribution in [0.15, 0.2) is 39.8 Å². The monoisotopic (exact) mass is 382 g/mol. The first-order valence-corrected chi connectivity index (χ1v) is 8.93. The number of furan rings is 1. The second kappa shape index (κ2) is 7.58. The lowest BCUT2D eigenvalue weighted by Gasteiger charge is -2.16. The van der Waals surface area contributed by atoms with E-state index in [-0.39, 0.29) is 34.3 Å². The highest BCUT2D eigenvalue weighted by atomic mass is 32.2. The van der Waals surface area contributed by atoms with Crippen molar-refractivity contribution in [1.82, 2.24) is 4.31 Å². The van der Waals surface area contributed by atoms with E-state index in [1.807, 2.05) is 0 Å². The van der Waals surface area contributed by atoms with E-state index in [2.05, 4.69) is 5.32 Å². The maximum absolute atomic E-state index is 12.5. The molecule has 1 amide bonds. The average molecular weight is 382 g/mol. The maximum Gasteiger partial charge on any atom is 0.338 e. The van der Waals surface area contributed by atoms with Crippen molar-refractivity contribution in [2.45, 2.75) is 11.8 Å². The second-order valence-corrected chi connectivity index (χ2v) is 7.46. The van der Waals surface area contributed by atoms with Gasteiger partial charge in [0.15, 0.2) is 5.76 Å². The zero-order valence-electron chi connectivity index (χ0n) is 14.3. The fourth-order valence-corrected chi connectivity index (χ4v) is 3.07. The van der Waals surface area contributed by atoms with Crippen LogP contribution >= 0.6 is 0 Å². The summed E-state index contributed by atoms with van der Waals surface area (Å²) in [4.78, 5) is 22.9. The molecule has 2 aromatic rings. The van der Waals surface area contributed by atoms with E-state index in [0.29, 0.717) is 0 Å². The molecular weight excluding hydrogens is 364 g/mol. The Morgan fingerprint density at radius 3 is 2.50 bits per heavy atom. The summed E-state index contributed by atoms with van der Waals surface area (Å²) in [7, 11) is -1.04. The van der Waals surface area contributed by atoms with Crippen LogP contribution in [0.2, 0.25) is 0 Å². The van der Waals surface area contributed by atoms with Gasteiger partial charge in [-0.2, -0.15) is 0 Å². The van der Waals surface area contributed by atoms with Crippen LogP contribution in [0.4, 0.5) is 5.69 Å². The summed E-state index contributed by atoms with van der Waals surface area (Å²) in [6, 6.07) is 5.24. The van der Waals surface area contributed by atoms with Gasteiger partial charge in [-0.25, -0.2) is 17.5 Å². The molecule has 0 saturated heterocycles. The Morgan fingerprint density at radius 2 is 1.96 bits per heavy atom. The molecule has 26 heavy (non-hydrogen) atoms. The molecule has 2 N–H and O–H groups in total. The molecule has 0 aliphatic carbocycles. The molecule has 2 rings (SSSR count). The quantitative estimate of drug-likeness (QED) is 0.748. The molecule has 0 spiro atoms. The minimum Gasteiger partial charge on any atom is -0.492 e. The number of carbonyl (C=O) groups is 2. The Kier molecular flexibility index (Phi) is 5.68. The van der Waals surface area contributed by atoms with Gasteiger partial charge in [-0.1, -0.05) is 0 Å². The molecule has 0 aliphatic rings. The number of nitrogens with one attached hydrogen (secondary N) is 1. The van der Waals surface area contributed by atoms with E-state index in [9.17, 15) is 18.0 Å². The number of sulfonamides is 1. The number of anilines is 1. The lowest BCUT2D eigenvalue weighted by molar-refractivity contribution is 0.0696. The number of rotatable bonds is 7. The van der Waals surface area contributed by atoms with Crippen LogP contribution < -0.4 is 10.1 Å². The predicted octanol–water partition coefficient (Wildman–Crippen LogP) is 1.88. The van der Waals surface area contributed by atoms with E-state index >= 15 is 0 Å². The van der Waals surface area contributed by atoms with E-state index in [4.69, 9.17) is 14.3 Å². The smallest absolute Gasteiger partial charge is 0.338 e. The van der Waals surface area contributed by atoms with E-state index in [1.54, 1.807) is 6.92 Å². The Balaban J connectivity index is 2.35. The van der Waals surface area contributed by atoms with Gasteiger partial charge in [0.2, 0.25) is 10.0 Å². The molecule has 9 nitrogen and oxygen atoms in total. The van der Waals surface area contributed by atoms with E-state index in [1.165, 1.54) is 32.3 Å². The zero-order valence-corrected chi connectivity index (χ0v) is 15.2. The third-order valence-corrected chi connectivity index (χ3v) is 5.17. The topological polar surface area (TPSA) is 126 Å². The van der Waals surface area contributed by atoms with Crippen LogP contribution in [-0.2, 0) is 10.0 Å². The normalized spacial score (nSPS) is 11.4. The van der Waals surface area contributed by atoms with Crippen LogP contribution in [0.25, 0.3) is 0 Å². The molecule has 10 heteroatoms. The number of carboxylic acid groups (broad SMARTS) is 1. The van der Waals surface area contributed by atoms with Crippen molar-refractivity contribution in [1.29, 1.82) is 0 Å². The van der Waals surface area contributed by atoms with Crippen molar-refractivity contribution < 1.29 is 32.3 Å². The van der Waals surface area contributed by atoms with Crippen molar-refractivity contribution in [3.63, 3.8) is 0 Å². The number of hydrogen-bond acceptors (Lipinski definition) is 6. The highest BCUT2D eigenvalue weighted by Crippen LogP contribution is 2.29. The summed E-state index contributed by atoms with van der Waals surface area (Å²) in [6.45, 7) is 1.99. The molecule has 0 unspecified atom stereocenters. The number of carboxylic acids is 1. The fraction of sp³-hybridized carbons (Fsp3) is 0.250. The lowest BCUT2D eigenvalue weighted by atomic mass is 10.2. The van der Waals surface area contributed by atoms with Crippen molar-refractivity contribution >= 4 is 27.6 Å². The number of aromatic carboxylic acids is 1. The van der Waals surface area contributed by atoms with Crippen LogP contribution in [0.1, 0.15) is 27.8 Å². The van der Waals surface area contributed by atoms with Crippen molar-refractivity contribution in [3.05, 3.63) is 41.9 Å². The molecule has 1 aromatic carbocycles. The number of hydrogen-bond donors (Lipinski definition) is 2. The number of benzene rings is 1. The van der Waals surface area contributed by atoms with Crippen molar-refractivity contribution in [3.8, 4) is 5.75 Å². The molecular formula is C16H18N2O7S. The minimum absolute atomic E-state index is 0.104. The van der Waals surface area contributed by atoms with Crippen LogP contribution in [-0.4, -0.2) is 50.4 Å². The SMILES string of the molecule is CCOc1ccc(NC(=O)c2cc(C(=O)O)co2)cc1S(=O)(=O)N(C)C. The van der Waals surface area contributed by atoms with Gasteiger partial charge >= 0.3 is 5.97 Å². The van der Waals surface area contributed by atoms with Gasteiger partial charge in [-0.3, -0.25) is 4.79 Å². The molecule has 1 heterocycles. The summed E-state index contributed by atoms with van der Waals surface area (Å²) in [5, 5.41) is 11.3. The second-order valence-electron chi connectivity index (χ2n) is 5.34. The Bertz CT molecular complexity index is 932. The average Bonchev–Trinajstić information content (AvgIpc) is 3.06. The summed E-state index contributed by atoms with van der Waals surface area (Å²) in [6.07, 6.45) is 0.942. The molecule has 140 valence electrons. The van der Waals surface area contributed by atoms with Crippen molar-refractivity contribution in [2.75, 3.05) is 26.0 Å². The van der Waals surface area contributed by atoms with Gasteiger partial charge in [0.05, 0.1) is 12.2 Å². The summed E-state index contributed by atoms with van der Waals surface area (Å²) >= 11 is 0. The molecule has 1 aromatic heterocycles. The van der Waals surface area contributed by atoms with Gasteiger partial charge in [0.1, 0.15) is 16.9 Å². The highest BCUT2D eigenvalue weighted by Gasteiger charge is 2.24. The van der Waals surface area contributed by atoms with Gasteiger partial charge < -0.3 is 19.6 Å². The largest absolute Gasteiger partial charge is 0.492 e. The summed E-state index contributed by atoms with van der Waals surface area (Å²) in [5.74, 6) is -2.00. The number of nitrogens with zero attached hydrogens (tertiary/aromatic N) is 1. The molecule has 0 fully saturated rings. The minimum atomic E-state index is -3.80. The standard InChI is InChI=1S/C16H18N2O7S/c1-4-24-12-6-5-11(8-14(12)26(22,23)18(2)3)17-15(19)13-7-10(9-25-13)16(20)21/h5-9H,4H2,1-3H3,(H,17,19)(H,20,21). The fourth-order valence-electron chi connectivity index (χ4n) is 2.02. The molecule has 0 bridgehead atoms. The molecule has 0 atom stereocenters. The molecule has 0 aliphatic heterocycles. The third kappa shape index (κ3) is 4.03. The summed E-state index contributed by atoms with van der Waals surface area (Å²) < 4.78 is 36.2. The van der Waals surface area contributed by atoms with Crippen LogP contribution in [0.3, 0.4) is 0 Å². The third-order valence-electron chi connectivity index (χ3n) is 3.33. The van der Waals surface area contributed by atoms with Gasteiger partial charge in [-0.15, -0.1) is 0 Å². The van der Waals surface area contributed by atoms with E-state index in [0.717, 1.165) is 16.6 Å². The first-order chi connectivity index (χ1) is 12.2. The van der Waals surface area contributed by atoms with Gasteiger partial charge in [-0.05, 0) is 25.1 Å². The highest BCUT2D eigenvalue weighted by molar-refractivity contribution is 7.89. The summed E-state index contributed by atoms with van der Waals surface area (Å²) in [5.41, 5.74) is 0.0184. The number of carbonyl (C=O) groups excluding carboxylic acids is 1. The first kappa shape index (κ1) is 19.5. The van der Waals surface area contributed by atoms with E-state index < -0.39 is 21.9 Å². The zero-order chi connectivity index (χ0) is 19.5. The first-order valence-electron chi connectivity index (χ1n) is 7.49. The predicted molar refractivity (Wildman–Crippen MR) is 92.1 cm³/mol. The Morgan fingerprint density at radius 1 is 1.27 bits per heavy atom. The maximum atomic E-state index is 12.5. The molecule has 0 saturated carbocycles. The van der Waals surface area contributed by atoms with Gasteiger partial charge in [0.25, 0.3) is 5.91 Å². The Labute approximate surface area is 150 Å². The van der Waals surface area contributed by atoms with Crippen LogP contribution in [0, 0.1) is 0 Å². The van der Waals surface area contributed by atoms with Crippen LogP contribution in [0.5, 0.6) is 5.75 Å². The Hall–Kier alpha value is -2.85. The van der Waals surface area contributed by atoms with Crippen molar-refractivity contribution in [2.24, 2.45) is 0 Å². The van der Waals surface area contributed by atoms with Gasteiger partial charge in [0, 0.05) is 25.8 Å². The number of ether oxygens (including phenoxy) is 1. The molecule has 0 radical (unpaired) electrons.